The Morgan fingerprint density at radius 1 is 1.09 bits per heavy atom. The predicted octanol–water partition coefficient (Wildman–Crippen LogP) is 2.96. The van der Waals surface area contributed by atoms with Crippen LogP contribution >= 0.6 is 0 Å². The van der Waals surface area contributed by atoms with Gasteiger partial charge >= 0.3 is 0 Å². The van der Waals surface area contributed by atoms with Crippen LogP contribution in [0.2, 0.25) is 0 Å². The van der Waals surface area contributed by atoms with Gasteiger partial charge in [0.2, 0.25) is 0 Å². The molecule has 1 heterocycles. The molecule has 4 heteroatoms. The summed E-state index contributed by atoms with van der Waals surface area (Å²) in [5.74, 6) is -0.258. The lowest BCUT2D eigenvalue weighted by Gasteiger charge is -2.15. The lowest BCUT2D eigenvalue weighted by molar-refractivity contribution is -0.605. The van der Waals surface area contributed by atoms with Gasteiger partial charge in [0, 0.05) is 6.07 Å². The van der Waals surface area contributed by atoms with Crippen LogP contribution < -0.4 is 10.0 Å². The molecule has 0 spiro atoms. The summed E-state index contributed by atoms with van der Waals surface area (Å²) in [4.78, 5) is 12.2. The molecule has 1 amide bonds. The molecular weight excluding hydrogens is 276 g/mol. The highest BCUT2D eigenvalue weighted by atomic mass is 16.5. The number of rotatable bonds is 3. The van der Waals surface area contributed by atoms with Crippen molar-refractivity contribution in [2.45, 2.75) is 13.0 Å². The second kappa shape index (κ2) is 5.85. The number of amides is 1. The minimum absolute atomic E-state index is 0.141. The van der Waals surface area contributed by atoms with Crippen molar-refractivity contribution in [3.05, 3.63) is 83.3 Å². The van der Waals surface area contributed by atoms with Crippen molar-refractivity contribution in [1.29, 1.82) is 0 Å². The van der Waals surface area contributed by atoms with Gasteiger partial charge in [-0.15, -0.1) is 0 Å². The van der Waals surface area contributed by atoms with Crippen molar-refractivity contribution >= 4 is 16.7 Å². The van der Waals surface area contributed by atoms with E-state index in [9.17, 15) is 10.0 Å². The highest BCUT2D eigenvalue weighted by Crippen LogP contribution is 2.20. The quantitative estimate of drug-likeness (QED) is 0.596. The van der Waals surface area contributed by atoms with E-state index in [0.29, 0.717) is 10.3 Å². The fourth-order valence-electron chi connectivity index (χ4n) is 2.43. The maximum atomic E-state index is 12.2. The van der Waals surface area contributed by atoms with Crippen molar-refractivity contribution in [1.82, 2.24) is 5.32 Å². The molecule has 0 aliphatic heterocycles. The minimum atomic E-state index is -0.258. The van der Waals surface area contributed by atoms with Gasteiger partial charge in [0.15, 0.2) is 12.4 Å². The largest absolute Gasteiger partial charge is 0.619 e. The second-order valence-corrected chi connectivity index (χ2v) is 5.25. The lowest BCUT2D eigenvalue weighted by Crippen LogP contribution is -2.31. The fraction of sp³-hybridized carbons (Fsp3) is 0.111. The fourth-order valence-corrected chi connectivity index (χ4v) is 2.43. The van der Waals surface area contributed by atoms with Gasteiger partial charge in [0.25, 0.3) is 5.91 Å². The van der Waals surface area contributed by atoms with Gasteiger partial charge in [-0.2, -0.15) is 4.73 Å². The van der Waals surface area contributed by atoms with Crippen LogP contribution in [0.1, 0.15) is 28.9 Å². The van der Waals surface area contributed by atoms with Crippen molar-refractivity contribution in [3.63, 3.8) is 0 Å². The van der Waals surface area contributed by atoms with Crippen LogP contribution in [0.25, 0.3) is 10.8 Å². The molecule has 2 aromatic carbocycles. The van der Waals surface area contributed by atoms with Crippen LogP contribution in [-0.4, -0.2) is 5.91 Å². The van der Waals surface area contributed by atoms with Crippen molar-refractivity contribution < 1.29 is 9.52 Å². The zero-order valence-corrected chi connectivity index (χ0v) is 12.2. The Labute approximate surface area is 128 Å². The summed E-state index contributed by atoms with van der Waals surface area (Å²) in [6.07, 6.45) is 2.62. The summed E-state index contributed by atoms with van der Waals surface area (Å²) >= 11 is 0. The molecule has 1 N–H and O–H groups in total. The number of carbonyl (C=O) groups excluding carboxylic acids is 1. The molecule has 0 aliphatic rings. The van der Waals surface area contributed by atoms with Gasteiger partial charge < -0.3 is 10.5 Å². The number of hydrogen-bond donors (Lipinski definition) is 1. The molecule has 0 bridgehead atoms. The lowest BCUT2D eigenvalue weighted by atomic mass is 10.0. The maximum absolute atomic E-state index is 12.2. The van der Waals surface area contributed by atoms with Crippen LogP contribution in [0.5, 0.6) is 0 Å². The number of fused-ring (bicyclic) bond motifs is 1. The van der Waals surface area contributed by atoms with Gasteiger partial charge in [-0.1, -0.05) is 36.4 Å². The molecule has 3 rings (SSSR count). The zero-order chi connectivity index (χ0) is 15.5. The SMILES string of the molecule is CC(NC(=O)c1ccc[n+]([O-])c1)c1ccc2ccccc2c1. The first-order chi connectivity index (χ1) is 10.6. The molecule has 1 atom stereocenters. The molecule has 0 saturated heterocycles. The van der Waals surface area contributed by atoms with Crippen LogP contribution in [0, 0.1) is 5.21 Å². The normalized spacial score (nSPS) is 12.0. The highest BCUT2D eigenvalue weighted by Gasteiger charge is 2.13. The maximum Gasteiger partial charge on any atom is 0.257 e. The number of benzene rings is 2. The summed E-state index contributed by atoms with van der Waals surface area (Å²) < 4.78 is 0.621. The van der Waals surface area contributed by atoms with Crippen LogP contribution in [0.4, 0.5) is 0 Å². The molecule has 0 saturated carbocycles. The Morgan fingerprint density at radius 2 is 1.86 bits per heavy atom. The molecule has 1 aromatic heterocycles. The Morgan fingerprint density at radius 3 is 2.64 bits per heavy atom. The van der Waals surface area contributed by atoms with E-state index in [-0.39, 0.29) is 11.9 Å². The van der Waals surface area contributed by atoms with E-state index in [4.69, 9.17) is 0 Å². The first kappa shape index (κ1) is 14.1. The van der Waals surface area contributed by atoms with Crippen LogP contribution in [0.15, 0.2) is 67.0 Å². The Kier molecular flexibility index (Phi) is 3.74. The van der Waals surface area contributed by atoms with Crippen molar-refractivity contribution in [3.8, 4) is 0 Å². The van der Waals surface area contributed by atoms with E-state index < -0.39 is 0 Å². The number of nitrogens with zero attached hydrogens (tertiary/aromatic N) is 1. The number of nitrogens with one attached hydrogen (secondary N) is 1. The molecule has 0 fully saturated rings. The first-order valence-corrected chi connectivity index (χ1v) is 7.12. The standard InChI is InChI=1S/C18H16N2O2/c1-13(19-18(21)17-7-4-10-20(22)12-17)15-9-8-14-5-2-3-6-16(14)11-15/h2-13H,1H3,(H,19,21). The summed E-state index contributed by atoms with van der Waals surface area (Å²) in [6, 6.07) is 17.3. The van der Waals surface area contributed by atoms with Crippen LogP contribution in [-0.2, 0) is 0 Å². The van der Waals surface area contributed by atoms with E-state index in [0.717, 1.165) is 10.9 Å². The highest BCUT2D eigenvalue weighted by molar-refractivity contribution is 5.94. The van der Waals surface area contributed by atoms with E-state index in [1.165, 1.54) is 17.8 Å². The molecule has 0 radical (unpaired) electrons. The average molecular weight is 292 g/mol. The molecule has 4 nitrogen and oxygen atoms in total. The molecule has 1 unspecified atom stereocenters. The second-order valence-electron chi connectivity index (χ2n) is 5.25. The molecule has 3 aromatic rings. The van der Waals surface area contributed by atoms with E-state index in [1.807, 2.05) is 37.3 Å². The Balaban J connectivity index is 1.80. The Hall–Kier alpha value is -2.88. The number of carbonyl (C=O) groups is 1. The summed E-state index contributed by atoms with van der Waals surface area (Å²) in [5, 5.41) is 16.5. The summed E-state index contributed by atoms with van der Waals surface area (Å²) in [5.41, 5.74) is 1.38. The number of pyridine rings is 1. The molecule has 22 heavy (non-hydrogen) atoms. The van der Waals surface area contributed by atoms with Gasteiger partial charge in [-0.25, -0.2) is 0 Å². The number of aromatic nitrogens is 1. The Bertz CT molecular complexity index is 830. The third-order valence-corrected chi connectivity index (χ3v) is 3.66. The average Bonchev–Trinajstić information content (AvgIpc) is 2.54. The van der Waals surface area contributed by atoms with Crippen LogP contribution in [0.3, 0.4) is 0 Å². The summed E-state index contributed by atoms with van der Waals surface area (Å²) in [7, 11) is 0. The topological polar surface area (TPSA) is 56.0 Å². The molecular formula is C18H16N2O2. The zero-order valence-electron chi connectivity index (χ0n) is 12.2. The van der Waals surface area contributed by atoms with Crippen molar-refractivity contribution in [2.75, 3.05) is 0 Å². The third-order valence-electron chi connectivity index (χ3n) is 3.66. The van der Waals surface area contributed by atoms with E-state index in [1.54, 1.807) is 12.1 Å². The number of hydrogen-bond acceptors (Lipinski definition) is 2. The van der Waals surface area contributed by atoms with E-state index >= 15 is 0 Å². The molecule has 0 aliphatic carbocycles. The smallest absolute Gasteiger partial charge is 0.257 e. The summed E-state index contributed by atoms with van der Waals surface area (Å²) in [6.45, 7) is 1.93. The minimum Gasteiger partial charge on any atom is -0.619 e. The van der Waals surface area contributed by atoms with E-state index in [2.05, 4.69) is 17.4 Å². The van der Waals surface area contributed by atoms with Crippen molar-refractivity contribution in [2.24, 2.45) is 0 Å². The third kappa shape index (κ3) is 2.91. The first-order valence-electron chi connectivity index (χ1n) is 7.12. The van der Waals surface area contributed by atoms with Gasteiger partial charge in [0.1, 0.15) is 5.56 Å². The predicted molar refractivity (Wildman–Crippen MR) is 85.2 cm³/mol. The van der Waals surface area contributed by atoms with Gasteiger partial charge in [-0.05, 0) is 35.4 Å². The van der Waals surface area contributed by atoms with Gasteiger partial charge in [0.05, 0.1) is 6.04 Å². The van der Waals surface area contributed by atoms with Gasteiger partial charge in [-0.3, -0.25) is 4.79 Å². The monoisotopic (exact) mass is 292 g/mol. The molecule has 110 valence electrons.